The Hall–Kier alpha value is -2.08. The monoisotopic (exact) mass is 288 g/mol. The van der Waals surface area contributed by atoms with Crippen molar-refractivity contribution in [2.24, 2.45) is 0 Å². The average Bonchev–Trinajstić information content (AvgIpc) is 3.09. The van der Waals surface area contributed by atoms with Crippen molar-refractivity contribution in [1.29, 1.82) is 0 Å². The number of anilines is 2. The maximum absolute atomic E-state index is 5.88. The molecule has 0 bridgehead atoms. The standard InChI is InChI=1S/C14H16N4OS/c1-9(8-10-4-3-7-20-10)18(2)12-6-5-11(15)13-14(12)17-19-16-13/h3-7,9H,8,15H2,1-2H3. The third-order valence-corrected chi connectivity index (χ3v) is 4.44. The lowest BCUT2D eigenvalue weighted by molar-refractivity contribution is 0.315. The van der Waals surface area contributed by atoms with E-state index in [-0.39, 0.29) is 0 Å². The molecule has 0 saturated heterocycles. The molecule has 0 saturated carbocycles. The van der Waals surface area contributed by atoms with Crippen LogP contribution in [0.1, 0.15) is 11.8 Å². The van der Waals surface area contributed by atoms with Crippen LogP contribution in [-0.4, -0.2) is 23.4 Å². The number of hydrogen-bond acceptors (Lipinski definition) is 6. The number of fused-ring (bicyclic) bond motifs is 1. The molecule has 2 aromatic heterocycles. The summed E-state index contributed by atoms with van der Waals surface area (Å²) in [5.74, 6) is 0. The Labute approximate surface area is 121 Å². The molecule has 6 heteroatoms. The highest BCUT2D eigenvalue weighted by Crippen LogP contribution is 2.29. The van der Waals surface area contributed by atoms with Crippen molar-refractivity contribution < 1.29 is 4.63 Å². The van der Waals surface area contributed by atoms with Crippen molar-refractivity contribution in [3.63, 3.8) is 0 Å². The van der Waals surface area contributed by atoms with Crippen molar-refractivity contribution in [3.05, 3.63) is 34.5 Å². The smallest absolute Gasteiger partial charge is 0.160 e. The zero-order valence-corrected chi connectivity index (χ0v) is 12.2. The van der Waals surface area contributed by atoms with Crippen LogP contribution in [0.5, 0.6) is 0 Å². The summed E-state index contributed by atoms with van der Waals surface area (Å²) in [5, 5.41) is 9.94. The lowest BCUT2D eigenvalue weighted by atomic mass is 10.1. The first kappa shape index (κ1) is 12.9. The van der Waals surface area contributed by atoms with Gasteiger partial charge in [-0.1, -0.05) is 6.07 Å². The summed E-state index contributed by atoms with van der Waals surface area (Å²) < 4.78 is 4.82. The number of nitrogens with zero attached hydrogens (tertiary/aromatic N) is 3. The molecule has 3 rings (SSSR count). The quantitative estimate of drug-likeness (QED) is 0.748. The van der Waals surface area contributed by atoms with Gasteiger partial charge in [0.1, 0.15) is 0 Å². The van der Waals surface area contributed by atoms with Gasteiger partial charge in [-0.25, -0.2) is 4.63 Å². The third-order valence-electron chi connectivity index (χ3n) is 3.54. The first-order valence-corrected chi connectivity index (χ1v) is 7.30. The maximum atomic E-state index is 5.88. The highest BCUT2D eigenvalue weighted by atomic mass is 32.1. The molecular weight excluding hydrogens is 272 g/mol. The molecule has 0 aliphatic heterocycles. The van der Waals surface area contributed by atoms with E-state index in [1.807, 2.05) is 12.1 Å². The SMILES string of the molecule is CC(Cc1cccs1)N(C)c1ccc(N)c2nonc12. The molecule has 5 nitrogen and oxygen atoms in total. The number of thiophene rings is 1. The molecule has 0 amide bonds. The summed E-state index contributed by atoms with van der Waals surface area (Å²) in [5.41, 5.74) is 8.79. The van der Waals surface area contributed by atoms with Gasteiger partial charge < -0.3 is 10.6 Å². The van der Waals surface area contributed by atoms with Crippen LogP contribution in [0.3, 0.4) is 0 Å². The Morgan fingerprint density at radius 2 is 2.10 bits per heavy atom. The largest absolute Gasteiger partial charge is 0.397 e. The molecule has 2 N–H and O–H groups in total. The van der Waals surface area contributed by atoms with E-state index >= 15 is 0 Å². The van der Waals surface area contributed by atoms with Crippen molar-refractivity contribution in [3.8, 4) is 0 Å². The van der Waals surface area contributed by atoms with E-state index in [2.05, 4.69) is 46.7 Å². The van der Waals surface area contributed by atoms with Gasteiger partial charge in [0.05, 0.1) is 11.4 Å². The van der Waals surface area contributed by atoms with Gasteiger partial charge in [-0.05, 0) is 40.8 Å². The third kappa shape index (κ3) is 2.22. The highest BCUT2D eigenvalue weighted by Gasteiger charge is 2.17. The molecule has 20 heavy (non-hydrogen) atoms. The van der Waals surface area contributed by atoms with Crippen LogP contribution in [-0.2, 0) is 6.42 Å². The van der Waals surface area contributed by atoms with Crippen molar-refractivity contribution >= 4 is 33.7 Å². The molecule has 2 heterocycles. The Kier molecular flexibility index (Phi) is 3.31. The number of nitrogens with two attached hydrogens (primary N) is 1. The van der Waals surface area contributed by atoms with Gasteiger partial charge in [0.15, 0.2) is 11.0 Å². The molecule has 104 valence electrons. The van der Waals surface area contributed by atoms with E-state index in [4.69, 9.17) is 10.4 Å². The summed E-state index contributed by atoms with van der Waals surface area (Å²) in [4.78, 5) is 3.56. The van der Waals surface area contributed by atoms with Crippen LogP contribution in [0, 0.1) is 0 Å². The molecule has 0 spiro atoms. The summed E-state index contributed by atoms with van der Waals surface area (Å²) in [6.07, 6.45) is 0.991. The van der Waals surface area contributed by atoms with Crippen molar-refractivity contribution in [2.45, 2.75) is 19.4 Å². The number of likely N-dealkylation sites (N-methyl/N-ethyl adjacent to an activating group) is 1. The molecule has 0 aliphatic carbocycles. The molecule has 1 unspecified atom stereocenters. The minimum atomic E-state index is 0.345. The van der Waals surface area contributed by atoms with E-state index in [0.717, 1.165) is 12.1 Å². The van der Waals surface area contributed by atoms with E-state index in [0.29, 0.717) is 22.8 Å². The fraction of sp³-hybridized carbons (Fsp3) is 0.286. The Morgan fingerprint density at radius 3 is 2.85 bits per heavy atom. The predicted octanol–water partition coefficient (Wildman–Crippen LogP) is 2.93. The van der Waals surface area contributed by atoms with E-state index in [9.17, 15) is 0 Å². The Balaban J connectivity index is 1.90. The van der Waals surface area contributed by atoms with Crippen molar-refractivity contribution in [1.82, 2.24) is 10.3 Å². The van der Waals surface area contributed by atoms with Gasteiger partial charge >= 0.3 is 0 Å². The van der Waals surface area contributed by atoms with Gasteiger partial charge in [0.25, 0.3) is 0 Å². The average molecular weight is 288 g/mol. The first-order chi connectivity index (χ1) is 9.66. The van der Waals surface area contributed by atoms with E-state index in [1.165, 1.54) is 4.88 Å². The fourth-order valence-corrected chi connectivity index (χ4v) is 3.08. The van der Waals surface area contributed by atoms with Crippen LogP contribution >= 0.6 is 11.3 Å². The molecule has 1 atom stereocenters. The van der Waals surface area contributed by atoms with Gasteiger partial charge in [0, 0.05) is 24.4 Å². The number of rotatable bonds is 4. The zero-order valence-electron chi connectivity index (χ0n) is 11.4. The second-order valence-electron chi connectivity index (χ2n) is 4.88. The summed E-state index contributed by atoms with van der Waals surface area (Å²) in [6.45, 7) is 2.19. The van der Waals surface area contributed by atoms with E-state index < -0.39 is 0 Å². The second kappa shape index (κ2) is 5.13. The fourth-order valence-electron chi connectivity index (χ4n) is 2.25. The van der Waals surface area contributed by atoms with Crippen LogP contribution in [0.15, 0.2) is 34.3 Å². The summed E-state index contributed by atoms with van der Waals surface area (Å²) in [6, 6.07) is 8.39. The topological polar surface area (TPSA) is 68.2 Å². The number of benzene rings is 1. The molecule has 0 fully saturated rings. The predicted molar refractivity (Wildman–Crippen MR) is 82.1 cm³/mol. The van der Waals surface area contributed by atoms with Crippen LogP contribution < -0.4 is 10.6 Å². The van der Waals surface area contributed by atoms with E-state index in [1.54, 1.807) is 11.3 Å². The van der Waals surface area contributed by atoms with Crippen LogP contribution in [0.2, 0.25) is 0 Å². The number of nitrogen functional groups attached to an aromatic ring is 1. The van der Waals surface area contributed by atoms with Gasteiger partial charge in [-0.15, -0.1) is 11.3 Å². The molecule has 1 aromatic carbocycles. The molecule has 0 radical (unpaired) electrons. The van der Waals surface area contributed by atoms with Gasteiger partial charge in [0.2, 0.25) is 0 Å². The lowest BCUT2D eigenvalue weighted by Gasteiger charge is -2.26. The van der Waals surface area contributed by atoms with Crippen LogP contribution in [0.4, 0.5) is 11.4 Å². The number of hydrogen-bond donors (Lipinski definition) is 1. The van der Waals surface area contributed by atoms with Crippen molar-refractivity contribution in [2.75, 3.05) is 17.7 Å². The summed E-state index contributed by atoms with van der Waals surface area (Å²) >= 11 is 1.78. The lowest BCUT2D eigenvalue weighted by Crippen LogP contribution is -2.30. The van der Waals surface area contributed by atoms with Crippen LogP contribution in [0.25, 0.3) is 11.0 Å². The minimum absolute atomic E-state index is 0.345. The van der Waals surface area contributed by atoms with Gasteiger partial charge in [-0.2, -0.15) is 0 Å². The number of aromatic nitrogens is 2. The minimum Gasteiger partial charge on any atom is -0.397 e. The highest BCUT2D eigenvalue weighted by molar-refractivity contribution is 7.09. The molecule has 3 aromatic rings. The van der Waals surface area contributed by atoms with Gasteiger partial charge in [-0.3, -0.25) is 0 Å². The zero-order chi connectivity index (χ0) is 14.1. The molecule has 0 aliphatic rings. The Morgan fingerprint density at radius 1 is 1.30 bits per heavy atom. The summed E-state index contributed by atoms with van der Waals surface area (Å²) in [7, 11) is 2.05. The normalized spacial score (nSPS) is 12.7. The molecular formula is C14H16N4OS. The second-order valence-corrected chi connectivity index (χ2v) is 5.91. The maximum Gasteiger partial charge on any atom is 0.160 e. The first-order valence-electron chi connectivity index (χ1n) is 6.43. The Bertz CT molecular complexity index is 707.